The van der Waals surface area contributed by atoms with E-state index in [9.17, 15) is 5.11 Å². The lowest BCUT2D eigenvalue weighted by Gasteiger charge is -2.24. The summed E-state index contributed by atoms with van der Waals surface area (Å²) in [5.74, 6) is 0. The number of hydrogen-bond acceptors (Lipinski definition) is 4. The van der Waals surface area contributed by atoms with Gasteiger partial charge in [0, 0.05) is 29.9 Å². The molecule has 1 rings (SSSR count). The Labute approximate surface area is 94.9 Å². The third-order valence-electron chi connectivity index (χ3n) is 2.19. The Morgan fingerprint density at radius 1 is 1.73 bits per heavy atom. The van der Waals surface area contributed by atoms with Gasteiger partial charge in [0.25, 0.3) is 0 Å². The molecule has 5 heteroatoms. The second-order valence-corrected chi connectivity index (χ2v) is 5.70. The van der Waals surface area contributed by atoms with Crippen molar-refractivity contribution in [3.05, 3.63) is 12.4 Å². The Hall–Kier alpha value is -0.520. The highest BCUT2D eigenvalue weighted by Crippen LogP contribution is 2.27. The number of hydrogen-bond donors (Lipinski definition) is 2. The molecular formula is C10H19N3OS. The van der Waals surface area contributed by atoms with Crippen LogP contribution in [0.15, 0.2) is 17.3 Å². The van der Waals surface area contributed by atoms with Crippen LogP contribution in [-0.2, 0) is 7.05 Å². The minimum atomic E-state index is -0.769. The maximum absolute atomic E-state index is 9.82. The largest absolute Gasteiger partial charge is 0.389 e. The van der Waals surface area contributed by atoms with E-state index in [-0.39, 0.29) is 0 Å². The van der Waals surface area contributed by atoms with E-state index in [1.165, 1.54) is 0 Å². The summed E-state index contributed by atoms with van der Waals surface area (Å²) in [7, 11) is 1.89. The molecule has 0 aliphatic heterocycles. The molecule has 0 spiro atoms. The molecule has 1 aromatic rings. The molecule has 1 aromatic heterocycles. The van der Waals surface area contributed by atoms with E-state index >= 15 is 0 Å². The number of nitrogens with zero attached hydrogens (tertiary/aromatic N) is 2. The molecule has 0 saturated carbocycles. The molecule has 0 radical (unpaired) electrons. The second kappa shape index (κ2) is 5.01. The van der Waals surface area contributed by atoms with Crippen LogP contribution in [-0.4, -0.2) is 32.3 Å². The summed E-state index contributed by atoms with van der Waals surface area (Å²) in [5.41, 5.74) is 4.71. The van der Waals surface area contributed by atoms with Gasteiger partial charge in [-0.05, 0) is 13.3 Å². The Morgan fingerprint density at radius 2 is 2.40 bits per heavy atom. The molecule has 15 heavy (non-hydrogen) atoms. The summed E-state index contributed by atoms with van der Waals surface area (Å²) in [4.78, 5) is 1.12. The van der Waals surface area contributed by atoms with E-state index in [0.717, 1.165) is 4.90 Å². The quantitative estimate of drug-likeness (QED) is 0.739. The van der Waals surface area contributed by atoms with Gasteiger partial charge in [-0.25, -0.2) is 0 Å². The molecule has 0 aromatic carbocycles. The van der Waals surface area contributed by atoms with Gasteiger partial charge in [-0.15, -0.1) is 11.8 Å². The zero-order valence-corrected chi connectivity index (χ0v) is 10.3. The van der Waals surface area contributed by atoms with Crippen LogP contribution in [0.4, 0.5) is 0 Å². The van der Waals surface area contributed by atoms with Crippen molar-refractivity contribution in [2.24, 2.45) is 12.8 Å². The summed E-state index contributed by atoms with van der Waals surface area (Å²) in [6.45, 7) is 4.15. The lowest BCUT2D eigenvalue weighted by molar-refractivity contribution is 0.0608. The summed E-state index contributed by atoms with van der Waals surface area (Å²) >= 11 is 1.71. The fourth-order valence-corrected chi connectivity index (χ4v) is 2.66. The lowest BCUT2D eigenvalue weighted by Crippen LogP contribution is -2.36. The van der Waals surface area contributed by atoms with Crippen molar-refractivity contribution in [1.82, 2.24) is 9.78 Å². The summed E-state index contributed by atoms with van der Waals surface area (Å²) in [6, 6.07) is 0. The van der Waals surface area contributed by atoms with Gasteiger partial charge in [-0.1, -0.05) is 6.92 Å². The third kappa shape index (κ3) is 4.24. The van der Waals surface area contributed by atoms with Crippen molar-refractivity contribution in [1.29, 1.82) is 0 Å². The van der Waals surface area contributed by atoms with Crippen LogP contribution >= 0.6 is 11.8 Å². The highest BCUT2D eigenvalue weighted by Gasteiger charge is 2.22. The minimum Gasteiger partial charge on any atom is -0.389 e. The first-order valence-corrected chi connectivity index (χ1v) is 5.89. The Bertz CT molecular complexity index is 311. The van der Waals surface area contributed by atoms with Crippen molar-refractivity contribution >= 4 is 11.8 Å². The van der Waals surface area contributed by atoms with Crippen molar-refractivity contribution in [2.45, 2.75) is 36.0 Å². The first-order chi connectivity index (χ1) is 6.93. The number of aryl methyl sites for hydroxylation is 1. The molecule has 0 aliphatic rings. The Kier molecular flexibility index (Phi) is 4.19. The molecule has 4 nitrogen and oxygen atoms in total. The topological polar surface area (TPSA) is 64.1 Å². The predicted molar refractivity (Wildman–Crippen MR) is 62.8 cm³/mol. The summed E-state index contributed by atoms with van der Waals surface area (Å²) in [5, 5.41) is 14.2. The fourth-order valence-electron chi connectivity index (χ4n) is 1.44. The van der Waals surface area contributed by atoms with Gasteiger partial charge < -0.3 is 10.8 Å². The molecule has 0 amide bonds. The fraction of sp³-hybridized carbons (Fsp3) is 0.700. The van der Waals surface area contributed by atoms with Crippen LogP contribution in [0, 0.1) is 0 Å². The van der Waals surface area contributed by atoms with Crippen molar-refractivity contribution in [3.8, 4) is 0 Å². The molecule has 2 atom stereocenters. The van der Waals surface area contributed by atoms with Gasteiger partial charge in [0.1, 0.15) is 0 Å². The van der Waals surface area contributed by atoms with Crippen LogP contribution < -0.4 is 5.73 Å². The standard InChI is InChI=1S/C10H19N3OS/c1-8(4-10(2,14)7-11)15-9-5-12-13(3)6-9/h5-6,8,14H,4,7,11H2,1-3H3. The highest BCUT2D eigenvalue weighted by atomic mass is 32.2. The highest BCUT2D eigenvalue weighted by molar-refractivity contribution is 7.99. The van der Waals surface area contributed by atoms with Crippen LogP contribution in [0.5, 0.6) is 0 Å². The maximum atomic E-state index is 9.82. The number of aromatic nitrogens is 2. The van der Waals surface area contributed by atoms with Crippen molar-refractivity contribution in [3.63, 3.8) is 0 Å². The molecule has 3 N–H and O–H groups in total. The maximum Gasteiger partial charge on any atom is 0.0752 e. The smallest absolute Gasteiger partial charge is 0.0752 e. The number of aliphatic hydroxyl groups is 1. The number of thioether (sulfide) groups is 1. The molecule has 0 bridgehead atoms. The lowest BCUT2D eigenvalue weighted by atomic mass is 10.0. The van der Waals surface area contributed by atoms with Gasteiger partial charge in [-0.3, -0.25) is 4.68 Å². The molecule has 1 heterocycles. The molecule has 2 unspecified atom stereocenters. The van der Waals surface area contributed by atoms with Gasteiger partial charge in [0.15, 0.2) is 0 Å². The zero-order valence-electron chi connectivity index (χ0n) is 9.47. The van der Waals surface area contributed by atoms with E-state index < -0.39 is 5.60 Å². The van der Waals surface area contributed by atoms with Gasteiger partial charge in [-0.2, -0.15) is 5.10 Å². The SMILES string of the molecule is CC(CC(C)(O)CN)Sc1cnn(C)c1. The molecule has 0 fully saturated rings. The average Bonchev–Trinajstić information content (AvgIpc) is 2.50. The monoisotopic (exact) mass is 229 g/mol. The van der Waals surface area contributed by atoms with E-state index in [4.69, 9.17) is 5.73 Å². The number of nitrogens with two attached hydrogens (primary N) is 1. The average molecular weight is 229 g/mol. The number of rotatable bonds is 5. The van der Waals surface area contributed by atoms with Crippen LogP contribution in [0.3, 0.4) is 0 Å². The first-order valence-electron chi connectivity index (χ1n) is 5.01. The van der Waals surface area contributed by atoms with E-state index in [2.05, 4.69) is 12.0 Å². The van der Waals surface area contributed by atoms with Gasteiger partial charge in [0.05, 0.1) is 11.8 Å². The first kappa shape index (κ1) is 12.5. The van der Waals surface area contributed by atoms with Crippen LogP contribution in [0.2, 0.25) is 0 Å². The van der Waals surface area contributed by atoms with E-state index in [1.807, 2.05) is 19.4 Å². The second-order valence-electron chi connectivity index (χ2n) is 4.18. The molecular weight excluding hydrogens is 210 g/mol. The summed E-state index contributed by atoms with van der Waals surface area (Å²) < 4.78 is 1.77. The molecule has 0 aliphatic carbocycles. The Morgan fingerprint density at radius 3 is 2.87 bits per heavy atom. The Balaban J connectivity index is 2.46. The molecule has 86 valence electrons. The van der Waals surface area contributed by atoms with Crippen molar-refractivity contribution < 1.29 is 5.11 Å². The van der Waals surface area contributed by atoms with Crippen LogP contribution in [0.25, 0.3) is 0 Å². The third-order valence-corrected chi connectivity index (χ3v) is 3.24. The van der Waals surface area contributed by atoms with E-state index in [1.54, 1.807) is 23.4 Å². The molecule has 0 saturated heterocycles. The zero-order chi connectivity index (χ0) is 11.5. The minimum absolute atomic E-state index is 0.297. The summed E-state index contributed by atoms with van der Waals surface area (Å²) in [6.07, 6.45) is 4.49. The predicted octanol–water partition coefficient (Wildman–Crippen LogP) is 1.00. The normalized spacial score (nSPS) is 17.4. The van der Waals surface area contributed by atoms with E-state index in [0.29, 0.717) is 18.2 Å². The van der Waals surface area contributed by atoms with Gasteiger partial charge >= 0.3 is 0 Å². The van der Waals surface area contributed by atoms with Crippen LogP contribution in [0.1, 0.15) is 20.3 Å². The van der Waals surface area contributed by atoms with Crippen molar-refractivity contribution in [2.75, 3.05) is 6.54 Å². The van der Waals surface area contributed by atoms with Gasteiger partial charge in [0.2, 0.25) is 0 Å².